The highest BCUT2D eigenvalue weighted by molar-refractivity contribution is 5.98. The third-order valence-electron chi connectivity index (χ3n) is 5.33. The van der Waals surface area contributed by atoms with Crippen LogP contribution in [0.15, 0.2) is 42.5 Å². The molecule has 8 nitrogen and oxygen atoms in total. The van der Waals surface area contributed by atoms with Gasteiger partial charge in [0.05, 0.1) is 7.11 Å². The standard InChI is InChI=1S/C27H37N3O5/c1-8-15-30(23(31)17-28-26(33)35-27(4,5)6)24(20-10-9-18(2)19(3)16-20)25(32)29-21-11-13-22(34-7)14-12-21/h9-14,16,24H,8,15,17H2,1-7H3,(H,28,33)(H,29,32). The van der Waals surface area contributed by atoms with Crippen molar-refractivity contribution in [1.29, 1.82) is 0 Å². The summed E-state index contributed by atoms with van der Waals surface area (Å²) >= 11 is 0. The van der Waals surface area contributed by atoms with E-state index in [2.05, 4.69) is 10.6 Å². The topological polar surface area (TPSA) is 97.0 Å². The van der Waals surface area contributed by atoms with Gasteiger partial charge >= 0.3 is 6.09 Å². The third-order valence-corrected chi connectivity index (χ3v) is 5.33. The van der Waals surface area contributed by atoms with Crippen LogP contribution in [0, 0.1) is 13.8 Å². The number of rotatable bonds is 9. The predicted molar refractivity (Wildman–Crippen MR) is 137 cm³/mol. The molecule has 0 bridgehead atoms. The normalized spacial score (nSPS) is 11.9. The molecule has 0 aliphatic rings. The number of anilines is 1. The van der Waals surface area contributed by atoms with Crippen LogP contribution in [0.5, 0.6) is 5.75 Å². The Morgan fingerprint density at radius 1 is 1.00 bits per heavy atom. The molecule has 2 rings (SSSR count). The molecule has 0 aliphatic heterocycles. The van der Waals surface area contributed by atoms with Crippen molar-refractivity contribution < 1.29 is 23.9 Å². The maximum Gasteiger partial charge on any atom is 0.408 e. The van der Waals surface area contributed by atoms with E-state index in [1.54, 1.807) is 52.1 Å². The second-order valence-electron chi connectivity index (χ2n) is 9.41. The molecule has 0 aliphatic carbocycles. The van der Waals surface area contributed by atoms with E-state index in [4.69, 9.17) is 9.47 Å². The van der Waals surface area contributed by atoms with Crippen molar-refractivity contribution in [3.8, 4) is 5.75 Å². The first-order valence-electron chi connectivity index (χ1n) is 11.7. The van der Waals surface area contributed by atoms with Gasteiger partial charge in [0.25, 0.3) is 5.91 Å². The molecule has 3 amide bonds. The number of hydrogen-bond acceptors (Lipinski definition) is 5. The summed E-state index contributed by atoms with van der Waals surface area (Å²) in [7, 11) is 1.57. The van der Waals surface area contributed by atoms with Crippen LogP contribution in [0.3, 0.4) is 0 Å². The van der Waals surface area contributed by atoms with Crippen LogP contribution in [0.2, 0.25) is 0 Å². The number of aryl methyl sites for hydroxylation is 2. The number of ether oxygens (including phenoxy) is 2. The van der Waals surface area contributed by atoms with Gasteiger partial charge in [-0.3, -0.25) is 9.59 Å². The summed E-state index contributed by atoms with van der Waals surface area (Å²) in [4.78, 5) is 40.4. The Balaban J connectivity index is 2.34. The lowest BCUT2D eigenvalue weighted by Gasteiger charge is -2.32. The van der Waals surface area contributed by atoms with Crippen molar-refractivity contribution in [2.24, 2.45) is 0 Å². The molecule has 0 saturated heterocycles. The van der Waals surface area contributed by atoms with Gasteiger partial charge in [0.2, 0.25) is 5.91 Å². The monoisotopic (exact) mass is 483 g/mol. The molecular formula is C27H37N3O5. The number of nitrogens with zero attached hydrogens (tertiary/aromatic N) is 1. The lowest BCUT2D eigenvalue weighted by molar-refractivity contribution is -0.138. The highest BCUT2D eigenvalue weighted by Crippen LogP contribution is 2.26. The lowest BCUT2D eigenvalue weighted by atomic mass is 9.98. The maximum atomic E-state index is 13.6. The second-order valence-corrected chi connectivity index (χ2v) is 9.41. The Morgan fingerprint density at radius 2 is 1.66 bits per heavy atom. The molecule has 0 heterocycles. The molecule has 2 aromatic rings. The van der Waals surface area contributed by atoms with E-state index in [-0.39, 0.29) is 18.4 Å². The average Bonchev–Trinajstić information content (AvgIpc) is 2.78. The van der Waals surface area contributed by atoms with E-state index in [9.17, 15) is 14.4 Å². The molecule has 35 heavy (non-hydrogen) atoms. The number of methoxy groups -OCH3 is 1. The van der Waals surface area contributed by atoms with Crippen molar-refractivity contribution in [1.82, 2.24) is 10.2 Å². The van der Waals surface area contributed by atoms with Crippen molar-refractivity contribution in [3.63, 3.8) is 0 Å². The van der Waals surface area contributed by atoms with E-state index >= 15 is 0 Å². The summed E-state index contributed by atoms with van der Waals surface area (Å²) in [6.45, 7) is 11.2. The number of carbonyl (C=O) groups is 3. The van der Waals surface area contributed by atoms with E-state index < -0.39 is 17.7 Å². The average molecular weight is 484 g/mol. The van der Waals surface area contributed by atoms with Gasteiger partial charge < -0.3 is 25.0 Å². The fraction of sp³-hybridized carbons (Fsp3) is 0.444. The van der Waals surface area contributed by atoms with Crippen molar-refractivity contribution in [3.05, 3.63) is 59.2 Å². The smallest absolute Gasteiger partial charge is 0.408 e. The summed E-state index contributed by atoms with van der Waals surface area (Å²) in [6.07, 6.45) is -0.0530. The number of nitrogens with one attached hydrogen (secondary N) is 2. The van der Waals surface area contributed by atoms with Crippen LogP contribution in [0.4, 0.5) is 10.5 Å². The van der Waals surface area contributed by atoms with Crippen molar-refractivity contribution >= 4 is 23.6 Å². The largest absolute Gasteiger partial charge is 0.497 e. The number of amides is 3. The van der Waals surface area contributed by atoms with Gasteiger partial charge in [-0.2, -0.15) is 0 Å². The van der Waals surface area contributed by atoms with E-state index in [0.717, 1.165) is 11.1 Å². The minimum absolute atomic E-state index is 0.286. The zero-order chi connectivity index (χ0) is 26.2. The second kappa shape index (κ2) is 12.2. The molecule has 0 aromatic heterocycles. The van der Waals surface area contributed by atoms with E-state index in [1.165, 1.54) is 4.90 Å². The summed E-state index contributed by atoms with van der Waals surface area (Å²) < 4.78 is 10.4. The highest BCUT2D eigenvalue weighted by Gasteiger charge is 2.31. The summed E-state index contributed by atoms with van der Waals surface area (Å²) in [5, 5.41) is 5.42. The summed E-state index contributed by atoms with van der Waals surface area (Å²) in [5.41, 5.74) is 2.69. The van der Waals surface area contributed by atoms with Gasteiger partial charge in [-0.25, -0.2) is 4.79 Å². The van der Waals surface area contributed by atoms with Gasteiger partial charge in [0.1, 0.15) is 23.9 Å². The Kier molecular flexibility index (Phi) is 9.68. The molecule has 0 radical (unpaired) electrons. The van der Waals surface area contributed by atoms with Crippen LogP contribution in [-0.4, -0.2) is 48.6 Å². The molecule has 1 unspecified atom stereocenters. The Bertz CT molecular complexity index is 1030. The summed E-state index contributed by atoms with van der Waals surface area (Å²) in [6, 6.07) is 11.8. The van der Waals surface area contributed by atoms with Crippen LogP contribution in [0.1, 0.15) is 56.8 Å². The van der Waals surface area contributed by atoms with E-state index in [1.807, 2.05) is 39.0 Å². The molecule has 190 valence electrons. The van der Waals surface area contributed by atoms with Crippen LogP contribution >= 0.6 is 0 Å². The summed E-state index contributed by atoms with van der Waals surface area (Å²) in [5.74, 6) is -0.0620. The minimum Gasteiger partial charge on any atom is -0.497 e. The maximum absolute atomic E-state index is 13.6. The van der Waals surface area contributed by atoms with Crippen LogP contribution in [0.25, 0.3) is 0 Å². The van der Waals surface area contributed by atoms with Gasteiger partial charge in [-0.1, -0.05) is 25.1 Å². The molecule has 1 atom stereocenters. The van der Waals surface area contributed by atoms with Crippen molar-refractivity contribution in [2.75, 3.05) is 25.5 Å². The number of benzene rings is 2. The number of alkyl carbamates (subject to hydrolysis) is 1. The Hall–Kier alpha value is -3.55. The number of carbonyl (C=O) groups excluding carboxylic acids is 3. The van der Waals surface area contributed by atoms with Gasteiger partial charge in [-0.15, -0.1) is 0 Å². The first-order chi connectivity index (χ1) is 16.4. The molecule has 0 fully saturated rings. The zero-order valence-corrected chi connectivity index (χ0v) is 21.7. The van der Waals surface area contributed by atoms with Gasteiger partial charge in [-0.05, 0) is 82.0 Å². The van der Waals surface area contributed by atoms with Gasteiger partial charge in [0.15, 0.2) is 0 Å². The van der Waals surface area contributed by atoms with Crippen LogP contribution in [-0.2, 0) is 14.3 Å². The first-order valence-corrected chi connectivity index (χ1v) is 11.7. The fourth-order valence-electron chi connectivity index (χ4n) is 3.49. The molecule has 0 saturated carbocycles. The van der Waals surface area contributed by atoms with Gasteiger partial charge in [0, 0.05) is 12.2 Å². The third kappa shape index (κ3) is 8.31. The predicted octanol–water partition coefficient (Wildman–Crippen LogP) is 4.76. The highest BCUT2D eigenvalue weighted by atomic mass is 16.6. The Morgan fingerprint density at radius 3 is 2.20 bits per heavy atom. The Labute approximate surface area is 208 Å². The zero-order valence-electron chi connectivity index (χ0n) is 21.7. The first kappa shape index (κ1) is 27.7. The fourth-order valence-corrected chi connectivity index (χ4v) is 3.49. The van der Waals surface area contributed by atoms with Crippen LogP contribution < -0.4 is 15.4 Å². The molecule has 8 heteroatoms. The molecular weight excluding hydrogens is 446 g/mol. The van der Waals surface area contributed by atoms with Crippen molar-refractivity contribution in [2.45, 2.75) is 59.6 Å². The lowest BCUT2D eigenvalue weighted by Crippen LogP contribution is -2.46. The van der Waals surface area contributed by atoms with E-state index in [0.29, 0.717) is 30.0 Å². The minimum atomic E-state index is -0.885. The molecule has 0 spiro atoms. The molecule has 2 N–H and O–H groups in total. The quantitative estimate of drug-likeness (QED) is 0.536. The molecule has 2 aromatic carbocycles. The number of hydrogen-bond donors (Lipinski definition) is 2. The SMILES string of the molecule is CCCN(C(=O)CNC(=O)OC(C)(C)C)C(C(=O)Nc1ccc(OC)cc1)c1ccc(C)c(C)c1.